The molecule has 1 aliphatic heterocycles. The van der Waals surface area contributed by atoms with Crippen molar-refractivity contribution >= 4 is 0 Å². The lowest BCUT2D eigenvalue weighted by atomic mass is 10.3. The van der Waals surface area contributed by atoms with Gasteiger partial charge in [0.05, 0.1) is 12.9 Å². The number of imidazole rings is 1. The summed E-state index contributed by atoms with van der Waals surface area (Å²) in [5, 5.41) is 0. The second-order valence-corrected chi connectivity index (χ2v) is 3.68. The van der Waals surface area contributed by atoms with Crippen molar-refractivity contribution in [1.82, 2.24) is 14.5 Å². The Morgan fingerprint density at radius 2 is 2.21 bits per heavy atom. The van der Waals surface area contributed by atoms with Gasteiger partial charge in [-0.05, 0) is 0 Å². The maximum atomic E-state index is 12.8. The van der Waals surface area contributed by atoms with E-state index in [1.165, 1.54) is 0 Å². The highest BCUT2D eigenvalue weighted by molar-refractivity contribution is 4.82. The molecule has 2 heterocycles. The first-order valence-electron chi connectivity index (χ1n) is 4.72. The molecule has 0 saturated carbocycles. The molecule has 1 fully saturated rings. The molecule has 0 unspecified atom stereocenters. The predicted octanol–water partition coefficient (Wildman–Crippen LogP) is 1.22. The lowest BCUT2D eigenvalue weighted by molar-refractivity contribution is 0.0120. The molecule has 0 bridgehead atoms. The van der Waals surface area contributed by atoms with E-state index in [9.17, 15) is 8.78 Å². The summed E-state index contributed by atoms with van der Waals surface area (Å²) < 4.78 is 27.5. The standard InChI is InChI=1S/C9H13F2N3/c10-9(11)1-3-13(7-9)5-6-14-4-2-12-8-14/h2,4,8H,1,3,5-7H2. The van der Waals surface area contributed by atoms with Gasteiger partial charge in [-0.2, -0.15) is 0 Å². The molecule has 0 atom stereocenters. The Morgan fingerprint density at radius 3 is 2.79 bits per heavy atom. The molecular weight excluding hydrogens is 188 g/mol. The fourth-order valence-electron chi connectivity index (χ4n) is 1.67. The van der Waals surface area contributed by atoms with Crippen LogP contribution >= 0.6 is 0 Å². The minimum absolute atomic E-state index is 0.00305. The maximum absolute atomic E-state index is 12.8. The number of nitrogens with zero attached hydrogens (tertiary/aromatic N) is 3. The fourth-order valence-corrected chi connectivity index (χ4v) is 1.67. The number of likely N-dealkylation sites (tertiary alicyclic amines) is 1. The Hall–Kier alpha value is -0.970. The van der Waals surface area contributed by atoms with Crippen molar-refractivity contribution in [3.8, 4) is 0 Å². The zero-order valence-electron chi connectivity index (χ0n) is 7.87. The molecule has 1 aromatic heterocycles. The fraction of sp³-hybridized carbons (Fsp3) is 0.667. The summed E-state index contributed by atoms with van der Waals surface area (Å²) in [6.07, 6.45) is 5.23. The topological polar surface area (TPSA) is 21.1 Å². The van der Waals surface area contributed by atoms with E-state index in [0.29, 0.717) is 13.1 Å². The van der Waals surface area contributed by atoms with Gasteiger partial charge in [-0.15, -0.1) is 0 Å². The van der Waals surface area contributed by atoms with Crippen LogP contribution in [-0.2, 0) is 6.54 Å². The minimum atomic E-state index is -2.48. The first-order chi connectivity index (χ1) is 6.66. The summed E-state index contributed by atoms with van der Waals surface area (Å²) in [5.41, 5.74) is 0. The van der Waals surface area contributed by atoms with Crippen LogP contribution in [0.2, 0.25) is 0 Å². The van der Waals surface area contributed by atoms with E-state index in [-0.39, 0.29) is 13.0 Å². The number of alkyl halides is 2. The van der Waals surface area contributed by atoms with E-state index < -0.39 is 5.92 Å². The molecule has 0 aliphatic carbocycles. The van der Waals surface area contributed by atoms with Crippen molar-refractivity contribution in [3.63, 3.8) is 0 Å². The molecule has 1 aliphatic rings. The third-order valence-electron chi connectivity index (χ3n) is 2.48. The number of hydrogen-bond acceptors (Lipinski definition) is 2. The van der Waals surface area contributed by atoms with Crippen LogP contribution in [-0.4, -0.2) is 40.0 Å². The molecular formula is C9H13F2N3. The Kier molecular flexibility index (Phi) is 2.50. The normalized spacial score (nSPS) is 21.6. The molecule has 3 nitrogen and oxygen atoms in total. The van der Waals surface area contributed by atoms with Gasteiger partial charge in [0.1, 0.15) is 0 Å². The molecule has 5 heteroatoms. The third-order valence-corrected chi connectivity index (χ3v) is 2.48. The smallest absolute Gasteiger partial charge is 0.261 e. The Bertz CT molecular complexity index is 284. The van der Waals surface area contributed by atoms with Crippen LogP contribution in [0.25, 0.3) is 0 Å². The van der Waals surface area contributed by atoms with Crippen molar-refractivity contribution in [3.05, 3.63) is 18.7 Å². The quantitative estimate of drug-likeness (QED) is 0.733. The maximum Gasteiger partial charge on any atom is 0.261 e. The van der Waals surface area contributed by atoms with E-state index >= 15 is 0 Å². The minimum Gasteiger partial charge on any atom is -0.336 e. The van der Waals surface area contributed by atoms with E-state index in [4.69, 9.17) is 0 Å². The summed E-state index contributed by atoms with van der Waals surface area (Å²) in [6.45, 7) is 1.81. The lowest BCUT2D eigenvalue weighted by Crippen LogP contribution is -2.28. The molecule has 14 heavy (non-hydrogen) atoms. The summed E-state index contributed by atoms with van der Waals surface area (Å²) in [7, 11) is 0. The number of aromatic nitrogens is 2. The van der Waals surface area contributed by atoms with Crippen molar-refractivity contribution in [2.24, 2.45) is 0 Å². The first kappa shape index (κ1) is 9.58. The van der Waals surface area contributed by atoms with Gasteiger partial charge in [-0.25, -0.2) is 13.8 Å². The van der Waals surface area contributed by atoms with Gasteiger partial charge in [-0.3, -0.25) is 4.90 Å². The highest BCUT2D eigenvalue weighted by Crippen LogP contribution is 2.26. The van der Waals surface area contributed by atoms with Crippen LogP contribution < -0.4 is 0 Å². The SMILES string of the molecule is FC1(F)CCN(CCn2ccnc2)C1. The van der Waals surface area contributed by atoms with E-state index in [0.717, 1.165) is 6.54 Å². The molecule has 78 valence electrons. The van der Waals surface area contributed by atoms with Crippen LogP contribution in [0.3, 0.4) is 0 Å². The van der Waals surface area contributed by atoms with Gasteiger partial charge in [-0.1, -0.05) is 0 Å². The zero-order chi connectivity index (χ0) is 10.0. The average molecular weight is 201 g/mol. The van der Waals surface area contributed by atoms with Gasteiger partial charge in [0.2, 0.25) is 0 Å². The third kappa shape index (κ3) is 2.29. The highest BCUT2D eigenvalue weighted by Gasteiger charge is 2.37. The molecule has 0 N–H and O–H groups in total. The van der Waals surface area contributed by atoms with E-state index in [1.54, 1.807) is 17.4 Å². The van der Waals surface area contributed by atoms with Crippen molar-refractivity contribution in [2.45, 2.75) is 18.9 Å². The molecule has 2 rings (SSSR count). The van der Waals surface area contributed by atoms with E-state index in [2.05, 4.69) is 4.98 Å². The summed E-state index contributed by atoms with van der Waals surface area (Å²) in [4.78, 5) is 5.68. The molecule has 1 saturated heterocycles. The van der Waals surface area contributed by atoms with Crippen LogP contribution in [0.1, 0.15) is 6.42 Å². The average Bonchev–Trinajstić information content (AvgIpc) is 2.70. The van der Waals surface area contributed by atoms with Gasteiger partial charge in [0, 0.05) is 38.4 Å². The molecule has 0 radical (unpaired) electrons. The summed E-state index contributed by atoms with van der Waals surface area (Å²) >= 11 is 0. The second kappa shape index (κ2) is 3.65. The summed E-state index contributed by atoms with van der Waals surface area (Å²) in [5.74, 6) is -2.48. The van der Waals surface area contributed by atoms with Gasteiger partial charge >= 0.3 is 0 Å². The van der Waals surface area contributed by atoms with Gasteiger partial charge in [0.15, 0.2) is 0 Å². The van der Waals surface area contributed by atoms with Gasteiger partial charge in [0.25, 0.3) is 5.92 Å². The van der Waals surface area contributed by atoms with Crippen molar-refractivity contribution in [1.29, 1.82) is 0 Å². The van der Waals surface area contributed by atoms with Crippen molar-refractivity contribution in [2.75, 3.05) is 19.6 Å². The highest BCUT2D eigenvalue weighted by atomic mass is 19.3. The second-order valence-electron chi connectivity index (χ2n) is 3.68. The largest absolute Gasteiger partial charge is 0.336 e. The zero-order valence-corrected chi connectivity index (χ0v) is 7.87. The van der Waals surface area contributed by atoms with Crippen LogP contribution in [0, 0.1) is 0 Å². The lowest BCUT2D eigenvalue weighted by Gasteiger charge is -2.15. The van der Waals surface area contributed by atoms with Crippen LogP contribution in [0.5, 0.6) is 0 Å². The van der Waals surface area contributed by atoms with E-state index in [1.807, 2.05) is 10.8 Å². The van der Waals surface area contributed by atoms with Gasteiger partial charge < -0.3 is 4.57 Å². The number of halogens is 2. The first-order valence-corrected chi connectivity index (χ1v) is 4.72. The monoisotopic (exact) mass is 201 g/mol. The number of hydrogen-bond donors (Lipinski definition) is 0. The van der Waals surface area contributed by atoms with Crippen molar-refractivity contribution < 1.29 is 8.78 Å². The molecule has 0 aromatic carbocycles. The molecule has 0 spiro atoms. The molecule has 0 amide bonds. The summed E-state index contributed by atoms with van der Waals surface area (Å²) in [6, 6.07) is 0. The Labute approximate surface area is 81.3 Å². The Morgan fingerprint density at radius 1 is 1.36 bits per heavy atom. The Balaban J connectivity index is 1.78. The number of rotatable bonds is 3. The molecule has 1 aromatic rings. The van der Waals surface area contributed by atoms with Crippen LogP contribution in [0.15, 0.2) is 18.7 Å². The predicted molar refractivity (Wildman–Crippen MR) is 48.2 cm³/mol. The van der Waals surface area contributed by atoms with Crippen LogP contribution in [0.4, 0.5) is 8.78 Å².